The Bertz CT molecular complexity index is 808. The molecule has 0 fully saturated rings. The Morgan fingerprint density at radius 2 is 1.68 bits per heavy atom. The molecule has 9 heteroatoms. The molecule has 0 saturated carbocycles. The molecule has 150 valence electrons. The average molecular weight is 390 g/mol. The number of rotatable bonds is 10. The summed E-state index contributed by atoms with van der Waals surface area (Å²) in [5, 5.41) is 13.6. The number of ether oxygens (including phenoxy) is 4. The van der Waals surface area contributed by atoms with Gasteiger partial charge in [0.05, 0.1) is 25.2 Å². The molecule has 0 heterocycles. The first-order chi connectivity index (χ1) is 13.4. The van der Waals surface area contributed by atoms with Gasteiger partial charge in [-0.25, -0.2) is 0 Å². The molecule has 1 amide bonds. The molecule has 0 aliphatic heterocycles. The first-order valence-corrected chi connectivity index (χ1v) is 8.44. The fourth-order valence-corrected chi connectivity index (χ4v) is 2.30. The molecule has 0 radical (unpaired) electrons. The van der Waals surface area contributed by atoms with Crippen molar-refractivity contribution in [3.8, 4) is 23.0 Å². The van der Waals surface area contributed by atoms with Crippen LogP contribution >= 0.6 is 0 Å². The maximum absolute atomic E-state index is 12.0. The minimum absolute atomic E-state index is 0.0594. The first kappa shape index (κ1) is 20.8. The van der Waals surface area contributed by atoms with Gasteiger partial charge >= 0.3 is 5.69 Å². The molecule has 2 aromatic rings. The van der Waals surface area contributed by atoms with Gasteiger partial charge in [-0.1, -0.05) is 0 Å². The third kappa shape index (κ3) is 6.04. The number of nitro groups is 1. The third-order valence-electron chi connectivity index (χ3n) is 3.68. The lowest BCUT2D eigenvalue weighted by Gasteiger charge is -2.15. The van der Waals surface area contributed by atoms with Crippen LogP contribution in [0.5, 0.6) is 23.0 Å². The van der Waals surface area contributed by atoms with Gasteiger partial charge < -0.3 is 24.3 Å². The van der Waals surface area contributed by atoms with Crippen molar-refractivity contribution in [2.45, 2.75) is 13.0 Å². The third-order valence-corrected chi connectivity index (χ3v) is 3.68. The number of amides is 1. The first-order valence-electron chi connectivity index (χ1n) is 8.44. The van der Waals surface area contributed by atoms with E-state index in [1.807, 2.05) is 0 Å². The number of hydrogen-bond donors (Lipinski definition) is 1. The van der Waals surface area contributed by atoms with Gasteiger partial charge in [-0.15, -0.1) is 0 Å². The van der Waals surface area contributed by atoms with Crippen molar-refractivity contribution < 1.29 is 28.7 Å². The number of carbonyl (C=O) groups excluding carboxylic acids is 1. The zero-order valence-electron chi connectivity index (χ0n) is 15.8. The molecule has 0 aromatic heterocycles. The van der Waals surface area contributed by atoms with Crippen LogP contribution in [-0.2, 0) is 4.79 Å². The zero-order valence-corrected chi connectivity index (χ0v) is 15.8. The summed E-state index contributed by atoms with van der Waals surface area (Å²) in [6, 6.07) is 10.9. The van der Waals surface area contributed by atoms with E-state index in [9.17, 15) is 14.9 Å². The van der Waals surface area contributed by atoms with Crippen LogP contribution in [0.1, 0.15) is 6.92 Å². The van der Waals surface area contributed by atoms with Gasteiger partial charge in [-0.3, -0.25) is 14.9 Å². The van der Waals surface area contributed by atoms with Crippen LogP contribution < -0.4 is 24.3 Å². The Labute approximate surface area is 162 Å². The standard InChI is InChI=1S/C19H22N2O7/c1-13(11-27-15-6-4-14(25-2)5-7-15)20-19(22)12-28-16-8-9-17(21(23)24)18(10-16)26-3/h4-10,13H,11-12H2,1-3H3,(H,20,22). The molecule has 28 heavy (non-hydrogen) atoms. The predicted octanol–water partition coefficient (Wildman–Crippen LogP) is 2.57. The number of nitro benzene ring substituents is 1. The highest BCUT2D eigenvalue weighted by Gasteiger charge is 2.16. The number of benzene rings is 2. The van der Waals surface area contributed by atoms with Crippen LogP contribution in [0.2, 0.25) is 0 Å². The van der Waals surface area contributed by atoms with Crippen LogP contribution in [0.3, 0.4) is 0 Å². The van der Waals surface area contributed by atoms with Crippen molar-refractivity contribution in [1.29, 1.82) is 0 Å². The normalized spacial score (nSPS) is 11.2. The highest BCUT2D eigenvalue weighted by molar-refractivity contribution is 5.77. The molecule has 1 atom stereocenters. The lowest BCUT2D eigenvalue weighted by Crippen LogP contribution is -2.39. The van der Waals surface area contributed by atoms with Crippen molar-refractivity contribution >= 4 is 11.6 Å². The van der Waals surface area contributed by atoms with Crippen LogP contribution in [0.15, 0.2) is 42.5 Å². The number of nitrogens with one attached hydrogen (secondary N) is 1. The van der Waals surface area contributed by atoms with Crippen LogP contribution in [0.4, 0.5) is 5.69 Å². The van der Waals surface area contributed by atoms with E-state index in [0.29, 0.717) is 11.5 Å². The van der Waals surface area contributed by atoms with Crippen LogP contribution in [0.25, 0.3) is 0 Å². The lowest BCUT2D eigenvalue weighted by atomic mass is 10.3. The zero-order chi connectivity index (χ0) is 20.5. The van der Waals surface area contributed by atoms with E-state index in [2.05, 4.69) is 5.32 Å². The van der Waals surface area contributed by atoms with Gasteiger partial charge in [0, 0.05) is 12.1 Å². The molecule has 0 spiro atoms. The van der Waals surface area contributed by atoms with E-state index in [4.69, 9.17) is 18.9 Å². The van der Waals surface area contributed by atoms with E-state index in [1.165, 1.54) is 25.3 Å². The fourth-order valence-electron chi connectivity index (χ4n) is 2.30. The Hall–Kier alpha value is -3.49. The summed E-state index contributed by atoms with van der Waals surface area (Å²) in [4.78, 5) is 22.3. The van der Waals surface area contributed by atoms with E-state index < -0.39 is 4.92 Å². The smallest absolute Gasteiger partial charge is 0.311 e. The molecule has 0 bridgehead atoms. The van der Waals surface area contributed by atoms with Gasteiger partial charge in [0.1, 0.15) is 23.9 Å². The molecule has 2 rings (SSSR count). The summed E-state index contributed by atoms with van der Waals surface area (Å²) < 4.78 is 21.0. The molecular weight excluding hydrogens is 368 g/mol. The predicted molar refractivity (Wildman–Crippen MR) is 101 cm³/mol. The second-order valence-electron chi connectivity index (χ2n) is 5.83. The highest BCUT2D eigenvalue weighted by Crippen LogP contribution is 2.30. The molecule has 0 saturated heterocycles. The Morgan fingerprint density at radius 3 is 2.29 bits per heavy atom. The monoisotopic (exact) mass is 390 g/mol. The maximum Gasteiger partial charge on any atom is 0.311 e. The van der Waals surface area contributed by atoms with Crippen molar-refractivity contribution in [3.63, 3.8) is 0 Å². The molecular formula is C19H22N2O7. The molecule has 0 aliphatic carbocycles. The lowest BCUT2D eigenvalue weighted by molar-refractivity contribution is -0.385. The minimum Gasteiger partial charge on any atom is -0.497 e. The number of hydrogen-bond acceptors (Lipinski definition) is 7. The average Bonchev–Trinajstić information content (AvgIpc) is 2.70. The minimum atomic E-state index is -0.556. The van der Waals surface area contributed by atoms with Gasteiger partial charge in [0.25, 0.3) is 5.91 Å². The summed E-state index contributed by atoms with van der Waals surface area (Å²) in [5.74, 6) is 1.40. The summed E-state index contributed by atoms with van der Waals surface area (Å²) in [6.07, 6.45) is 0. The number of carbonyl (C=O) groups is 1. The Balaban J connectivity index is 1.79. The van der Waals surface area contributed by atoms with E-state index in [0.717, 1.165) is 5.75 Å². The van der Waals surface area contributed by atoms with E-state index in [-0.39, 0.29) is 36.6 Å². The quantitative estimate of drug-likeness (QED) is 0.490. The second kappa shape index (κ2) is 10.0. The van der Waals surface area contributed by atoms with Gasteiger partial charge in [-0.05, 0) is 37.3 Å². The Kier molecular flexibility index (Phi) is 7.44. The van der Waals surface area contributed by atoms with E-state index >= 15 is 0 Å². The summed E-state index contributed by atoms with van der Waals surface area (Å²) in [5.41, 5.74) is -0.177. The number of nitrogens with zero attached hydrogens (tertiary/aromatic N) is 1. The molecule has 2 aromatic carbocycles. The van der Waals surface area contributed by atoms with Crippen LogP contribution in [-0.4, -0.2) is 44.3 Å². The van der Waals surface area contributed by atoms with Crippen molar-refractivity contribution in [2.24, 2.45) is 0 Å². The fraction of sp³-hybridized carbons (Fsp3) is 0.316. The Morgan fingerprint density at radius 1 is 1.04 bits per heavy atom. The second-order valence-corrected chi connectivity index (χ2v) is 5.83. The molecule has 1 unspecified atom stereocenters. The van der Waals surface area contributed by atoms with Gasteiger partial charge in [-0.2, -0.15) is 0 Å². The SMILES string of the molecule is COc1ccc(OCC(C)NC(=O)COc2ccc([N+](=O)[O-])c(OC)c2)cc1. The van der Waals surface area contributed by atoms with Gasteiger partial charge in [0.2, 0.25) is 5.75 Å². The van der Waals surface area contributed by atoms with Crippen molar-refractivity contribution in [1.82, 2.24) is 5.32 Å². The molecule has 9 nitrogen and oxygen atoms in total. The topological polar surface area (TPSA) is 109 Å². The summed E-state index contributed by atoms with van der Waals surface area (Å²) in [7, 11) is 2.91. The maximum atomic E-state index is 12.0. The largest absolute Gasteiger partial charge is 0.497 e. The van der Waals surface area contributed by atoms with Crippen molar-refractivity contribution in [2.75, 3.05) is 27.4 Å². The van der Waals surface area contributed by atoms with Crippen molar-refractivity contribution in [3.05, 3.63) is 52.6 Å². The molecule has 0 aliphatic rings. The van der Waals surface area contributed by atoms with Crippen LogP contribution in [0, 0.1) is 10.1 Å². The number of methoxy groups -OCH3 is 2. The summed E-state index contributed by atoms with van der Waals surface area (Å²) >= 11 is 0. The molecule has 1 N–H and O–H groups in total. The highest BCUT2D eigenvalue weighted by atomic mass is 16.6. The van der Waals surface area contributed by atoms with Gasteiger partial charge in [0.15, 0.2) is 6.61 Å². The van der Waals surface area contributed by atoms with E-state index in [1.54, 1.807) is 38.3 Å². The summed E-state index contributed by atoms with van der Waals surface area (Å²) in [6.45, 7) is 1.84.